The number of methoxy groups -OCH3 is 1. The van der Waals surface area contributed by atoms with Gasteiger partial charge in [0.15, 0.2) is 0 Å². The van der Waals surface area contributed by atoms with E-state index >= 15 is 0 Å². The number of fused-ring (bicyclic) bond motifs is 1. The van der Waals surface area contributed by atoms with Crippen LogP contribution in [0, 0.1) is 18.8 Å². The summed E-state index contributed by atoms with van der Waals surface area (Å²) in [5.41, 5.74) is 3.17. The number of hydrogen-bond donors (Lipinski definition) is 2. The van der Waals surface area contributed by atoms with Gasteiger partial charge in [-0.15, -0.1) is 11.3 Å². The van der Waals surface area contributed by atoms with E-state index in [1.807, 2.05) is 24.4 Å². The molecule has 4 rings (SSSR count). The van der Waals surface area contributed by atoms with Gasteiger partial charge in [-0.25, -0.2) is 9.97 Å². The van der Waals surface area contributed by atoms with Crippen LogP contribution < -0.4 is 9.47 Å². The maximum absolute atomic E-state index is 11.6. The standard InChI is InChI=1S/C24H26N2O6S/c1-11(2)18-10-33-22(26-18)17-9-20(14-5-6-19(31-4)12(3)21(14)25-17)32-13-7-15(23(27)28)16(8-13)24(29)30/h5-6,9-11,13,15-16H,7-8H2,1-4H3,(H,27,28)(H,29,30)/t15-,16-/m1/s1. The molecule has 2 N–H and O–H groups in total. The van der Waals surface area contributed by atoms with Crippen molar-refractivity contribution in [3.05, 3.63) is 34.8 Å². The molecule has 8 nitrogen and oxygen atoms in total. The Kier molecular flexibility index (Phi) is 6.25. The minimum atomic E-state index is -1.11. The topological polar surface area (TPSA) is 119 Å². The van der Waals surface area contributed by atoms with Gasteiger partial charge in [-0.1, -0.05) is 13.8 Å². The highest BCUT2D eigenvalue weighted by molar-refractivity contribution is 7.13. The number of nitrogens with zero attached hydrogens (tertiary/aromatic N) is 2. The van der Waals surface area contributed by atoms with Crippen molar-refractivity contribution in [1.82, 2.24) is 9.97 Å². The number of aryl methyl sites for hydroxylation is 1. The van der Waals surface area contributed by atoms with Gasteiger partial charge in [-0.05, 0) is 37.8 Å². The van der Waals surface area contributed by atoms with Crippen LogP contribution >= 0.6 is 11.3 Å². The van der Waals surface area contributed by atoms with Crippen LogP contribution in [0.25, 0.3) is 21.6 Å². The smallest absolute Gasteiger partial charge is 0.307 e. The second-order valence-corrected chi connectivity index (χ2v) is 9.49. The molecule has 3 aromatic rings. The van der Waals surface area contributed by atoms with Crippen molar-refractivity contribution in [3.63, 3.8) is 0 Å². The lowest BCUT2D eigenvalue weighted by atomic mass is 9.97. The lowest BCUT2D eigenvalue weighted by molar-refractivity contribution is -0.152. The monoisotopic (exact) mass is 470 g/mol. The molecule has 1 aromatic carbocycles. The molecule has 0 radical (unpaired) electrons. The van der Waals surface area contributed by atoms with E-state index in [1.54, 1.807) is 13.2 Å². The average Bonchev–Trinajstić information content (AvgIpc) is 3.42. The van der Waals surface area contributed by atoms with Gasteiger partial charge in [-0.3, -0.25) is 9.59 Å². The third kappa shape index (κ3) is 4.37. The van der Waals surface area contributed by atoms with Gasteiger partial charge in [0.25, 0.3) is 0 Å². The number of aliphatic carboxylic acids is 2. The Bertz CT molecular complexity index is 1200. The summed E-state index contributed by atoms with van der Waals surface area (Å²) in [4.78, 5) is 32.7. The summed E-state index contributed by atoms with van der Waals surface area (Å²) in [5.74, 6) is -2.67. The first-order chi connectivity index (χ1) is 15.7. The van der Waals surface area contributed by atoms with Crippen molar-refractivity contribution >= 4 is 34.2 Å². The molecule has 0 amide bonds. The first-order valence-electron chi connectivity index (χ1n) is 10.8. The number of rotatable bonds is 7. The zero-order valence-corrected chi connectivity index (χ0v) is 19.7. The van der Waals surface area contributed by atoms with Crippen LogP contribution in [0.5, 0.6) is 11.5 Å². The second kappa shape index (κ2) is 8.97. The number of thiazole rings is 1. The Hall–Kier alpha value is -3.20. The first-order valence-corrected chi connectivity index (χ1v) is 11.6. The lowest BCUT2D eigenvalue weighted by Gasteiger charge is -2.17. The van der Waals surface area contributed by atoms with Crippen LogP contribution in [0.2, 0.25) is 0 Å². The highest BCUT2D eigenvalue weighted by Crippen LogP contribution is 2.40. The minimum Gasteiger partial charge on any atom is -0.496 e. The summed E-state index contributed by atoms with van der Waals surface area (Å²) in [5, 5.41) is 22.5. The van der Waals surface area contributed by atoms with E-state index in [0.717, 1.165) is 21.7 Å². The van der Waals surface area contributed by atoms with Crippen LogP contribution in [0.3, 0.4) is 0 Å². The fourth-order valence-electron chi connectivity index (χ4n) is 4.29. The van der Waals surface area contributed by atoms with E-state index in [-0.39, 0.29) is 18.8 Å². The normalized spacial score (nSPS) is 18.7. The van der Waals surface area contributed by atoms with Gasteiger partial charge in [0.1, 0.15) is 28.3 Å². The Labute approximate surface area is 195 Å². The number of aromatic nitrogens is 2. The quantitative estimate of drug-likeness (QED) is 0.508. The molecule has 174 valence electrons. The average molecular weight is 471 g/mol. The third-order valence-electron chi connectivity index (χ3n) is 6.15. The van der Waals surface area contributed by atoms with Crippen LogP contribution in [-0.2, 0) is 9.59 Å². The molecule has 1 aliphatic rings. The Morgan fingerprint density at radius 1 is 1.09 bits per heavy atom. The van der Waals surface area contributed by atoms with Crippen molar-refractivity contribution < 1.29 is 29.3 Å². The van der Waals surface area contributed by atoms with Crippen LogP contribution in [-0.4, -0.2) is 45.3 Å². The number of ether oxygens (including phenoxy) is 2. The van der Waals surface area contributed by atoms with Crippen LogP contribution in [0.4, 0.5) is 0 Å². The molecule has 9 heteroatoms. The first kappa shape index (κ1) is 23.0. The number of benzene rings is 1. The lowest BCUT2D eigenvalue weighted by Crippen LogP contribution is -2.24. The molecule has 2 heterocycles. The van der Waals surface area contributed by atoms with Gasteiger partial charge < -0.3 is 19.7 Å². The van der Waals surface area contributed by atoms with Crippen LogP contribution in [0.15, 0.2) is 23.6 Å². The molecular weight excluding hydrogens is 444 g/mol. The summed E-state index contributed by atoms with van der Waals surface area (Å²) in [6.07, 6.45) is -0.263. The van der Waals surface area contributed by atoms with E-state index < -0.39 is 29.9 Å². The molecule has 0 saturated heterocycles. The van der Waals surface area contributed by atoms with Gasteiger partial charge in [-0.2, -0.15) is 0 Å². The highest BCUT2D eigenvalue weighted by Gasteiger charge is 2.44. The van der Waals surface area contributed by atoms with Crippen LogP contribution in [0.1, 0.15) is 43.9 Å². The molecule has 0 bridgehead atoms. The minimum absolute atomic E-state index is 0.134. The van der Waals surface area contributed by atoms with Crippen molar-refractivity contribution in [1.29, 1.82) is 0 Å². The maximum atomic E-state index is 11.6. The predicted molar refractivity (Wildman–Crippen MR) is 124 cm³/mol. The molecule has 2 aromatic heterocycles. The molecule has 33 heavy (non-hydrogen) atoms. The summed E-state index contributed by atoms with van der Waals surface area (Å²) in [6, 6.07) is 5.49. The van der Waals surface area contributed by atoms with Crippen molar-refractivity contribution in [2.75, 3.05) is 7.11 Å². The number of pyridine rings is 1. The Morgan fingerprint density at radius 2 is 1.76 bits per heavy atom. The third-order valence-corrected chi connectivity index (χ3v) is 7.03. The zero-order chi connectivity index (χ0) is 23.9. The summed E-state index contributed by atoms with van der Waals surface area (Å²) in [7, 11) is 1.60. The summed E-state index contributed by atoms with van der Waals surface area (Å²) < 4.78 is 11.7. The number of carboxylic acids is 2. The highest BCUT2D eigenvalue weighted by atomic mass is 32.1. The van der Waals surface area contributed by atoms with Gasteiger partial charge in [0, 0.05) is 22.4 Å². The number of hydrogen-bond acceptors (Lipinski definition) is 7. The molecule has 1 fully saturated rings. The van der Waals surface area contributed by atoms with Crippen molar-refractivity contribution in [2.24, 2.45) is 11.8 Å². The molecule has 2 atom stereocenters. The molecule has 0 aliphatic heterocycles. The SMILES string of the molecule is COc1ccc2c(OC3C[C@@H](C(=O)O)[C@H](C(=O)O)C3)cc(-c3nc(C(C)C)cs3)nc2c1C. The molecule has 1 aliphatic carbocycles. The molecule has 1 saturated carbocycles. The Morgan fingerprint density at radius 3 is 2.30 bits per heavy atom. The predicted octanol–water partition coefficient (Wildman–Crippen LogP) is 4.74. The van der Waals surface area contributed by atoms with E-state index in [4.69, 9.17) is 19.4 Å². The van der Waals surface area contributed by atoms with Gasteiger partial charge in [0.2, 0.25) is 0 Å². The Balaban J connectivity index is 1.78. The summed E-state index contributed by atoms with van der Waals surface area (Å²) in [6.45, 7) is 6.07. The molecule has 0 unspecified atom stereocenters. The van der Waals surface area contributed by atoms with E-state index in [0.29, 0.717) is 22.7 Å². The number of carbonyl (C=O) groups is 2. The number of carboxylic acid groups (broad SMARTS) is 2. The van der Waals surface area contributed by atoms with Crippen molar-refractivity contribution in [3.8, 4) is 22.2 Å². The van der Waals surface area contributed by atoms with Gasteiger partial charge in [0.05, 0.1) is 30.2 Å². The molecular formula is C24H26N2O6S. The summed E-state index contributed by atoms with van der Waals surface area (Å²) >= 11 is 1.50. The van der Waals surface area contributed by atoms with E-state index in [9.17, 15) is 19.8 Å². The van der Waals surface area contributed by atoms with Gasteiger partial charge >= 0.3 is 11.9 Å². The van der Waals surface area contributed by atoms with E-state index in [1.165, 1.54) is 11.3 Å². The van der Waals surface area contributed by atoms with Crippen molar-refractivity contribution in [2.45, 2.75) is 45.6 Å². The zero-order valence-electron chi connectivity index (χ0n) is 18.9. The second-order valence-electron chi connectivity index (χ2n) is 8.63. The fraction of sp³-hybridized carbons (Fsp3) is 0.417. The largest absolute Gasteiger partial charge is 0.496 e. The maximum Gasteiger partial charge on any atom is 0.307 e. The molecule has 0 spiro atoms. The van der Waals surface area contributed by atoms with E-state index in [2.05, 4.69) is 13.8 Å². The fourth-order valence-corrected chi connectivity index (χ4v) is 5.23.